The van der Waals surface area contributed by atoms with Crippen LogP contribution in [-0.2, 0) is 32.6 Å². The molecule has 258 valence electrons. The summed E-state index contributed by atoms with van der Waals surface area (Å²) < 4.78 is 40.5. The Hall–Kier alpha value is -4.25. The number of nitrogens with zero attached hydrogens (tertiary/aromatic N) is 2. The van der Waals surface area contributed by atoms with Gasteiger partial charge in [0.25, 0.3) is 10.0 Å². The van der Waals surface area contributed by atoms with E-state index >= 15 is 0 Å². The van der Waals surface area contributed by atoms with Gasteiger partial charge in [-0.15, -0.1) is 0 Å². The van der Waals surface area contributed by atoms with Gasteiger partial charge in [-0.05, 0) is 72.5 Å². The van der Waals surface area contributed by atoms with Crippen LogP contribution in [0.25, 0.3) is 0 Å². The maximum Gasteiger partial charge on any atom is 0.264 e. The summed E-state index contributed by atoms with van der Waals surface area (Å²) >= 11 is 12.4. The summed E-state index contributed by atoms with van der Waals surface area (Å²) in [5.74, 6) is -0.307. The zero-order valence-corrected chi connectivity index (χ0v) is 29.7. The van der Waals surface area contributed by atoms with Crippen molar-refractivity contribution in [1.29, 1.82) is 0 Å². The second kappa shape index (κ2) is 16.4. The van der Waals surface area contributed by atoms with Crippen molar-refractivity contribution in [3.63, 3.8) is 0 Å². The second-order valence-corrected chi connectivity index (χ2v) is 14.6. The number of benzene rings is 4. The minimum absolute atomic E-state index is 0.00857. The molecular formula is C37H39Cl2N3O6S. The Bertz CT molecular complexity index is 1830. The molecule has 49 heavy (non-hydrogen) atoms. The lowest BCUT2D eigenvalue weighted by atomic mass is 10.0. The molecule has 1 atom stereocenters. The van der Waals surface area contributed by atoms with Gasteiger partial charge >= 0.3 is 0 Å². The summed E-state index contributed by atoms with van der Waals surface area (Å²) in [6.07, 6.45) is 3.99. The molecule has 1 saturated carbocycles. The normalized spacial score (nSPS) is 13.8. The number of hydrogen-bond acceptors (Lipinski definition) is 6. The van der Waals surface area contributed by atoms with Gasteiger partial charge in [-0.1, -0.05) is 78.5 Å². The lowest BCUT2D eigenvalue weighted by Gasteiger charge is -2.34. The molecule has 0 radical (unpaired) electrons. The Morgan fingerprint density at radius 2 is 1.43 bits per heavy atom. The Morgan fingerprint density at radius 1 is 0.816 bits per heavy atom. The monoisotopic (exact) mass is 723 g/mol. The second-order valence-electron chi connectivity index (χ2n) is 11.8. The van der Waals surface area contributed by atoms with Crippen LogP contribution in [0.2, 0.25) is 10.0 Å². The predicted molar refractivity (Wildman–Crippen MR) is 192 cm³/mol. The molecule has 1 aliphatic rings. The van der Waals surface area contributed by atoms with E-state index in [-0.39, 0.29) is 41.2 Å². The van der Waals surface area contributed by atoms with Gasteiger partial charge in [-0.25, -0.2) is 8.42 Å². The van der Waals surface area contributed by atoms with Crippen molar-refractivity contribution in [2.75, 3.05) is 25.1 Å². The van der Waals surface area contributed by atoms with Gasteiger partial charge in [0.2, 0.25) is 11.8 Å². The molecule has 0 saturated heterocycles. The highest BCUT2D eigenvalue weighted by Crippen LogP contribution is 2.33. The summed E-state index contributed by atoms with van der Waals surface area (Å²) in [6, 6.07) is 25.9. The average molecular weight is 725 g/mol. The number of sulfonamides is 1. The quantitative estimate of drug-likeness (QED) is 0.152. The predicted octanol–water partition coefficient (Wildman–Crippen LogP) is 6.90. The third-order valence-electron chi connectivity index (χ3n) is 8.58. The van der Waals surface area contributed by atoms with Crippen molar-refractivity contribution >= 4 is 50.7 Å². The van der Waals surface area contributed by atoms with Crippen LogP contribution >= 0.6 is 23.2 Å². The van der Waals surface area contributed by atoms with Crippen LogP contribution in [0.15, 0.2) is 102 Å². The minimum atomic E-state index is -4.37. The molecule has 0 heterocycles. The number of anilines is 1. The molecule has 0 unspecified atom stereocenters. The topological polar surface area (TPSA) is 105 Å². The number of amides is 2. The fourth-order valence-electron chi connectivity index (χ4n) is 5.95. The van der Waals surface area contributed by atoms with Crippen molar-refractivity contribution in [2.45, 2.75) is 55.6 Å². The molecule has 12 heteroatoms. The number of hydrogen-bond donors (Lipinski definition) is 1. The van der Waals surface area contributed by atoms with Gasteiger partial charge < -0.3 is 19.7 Å². The van der Waals surface area contributed by atoms with Gasteiger partial charge in [-0.3, -0.25) is 13.9 Å². The summed E-state index contributed by atoms with van der Waals surface area (Å²) in [4.78, 5) is 30.2. The van der Waals surface area contributed by atoms with Gasteiger partial charge in [0.05, 0.1) is 24.8 Å². The van der Waals surface area contributed by atoms with Crippen molar-refractivity contribution in [1.82, 2.24) is 10.2 Å². The highest BCUT2D eigenvalue weighted by atomic mass is 35.5. The fraction of sp³-hybridized carbons (Fsp3) is 0.297. The van der Waals surface area contributed by atoms with E-state index in [1.54, 1.807) is 36.4 Å². The van der Waals surface area contributed by atoms with Gasteiger partial charge in [0.1, 0.15) is 12.6 Å². The number of carbonyl (C=O) groups excluding carboxylic acids is 2. The van der Waals surface area contributed by atoms with E-state index in [1.807, 2.05) is 30.3 Å². The summed E-state index contributed by atoms with van der Waals surface area (Å²) in [5, 5.41) is 4.10. The molecule has 1 aliphatic carbocycles. The first-order valence-corrected chi connectivity index (χ1v) is 18.2. The largest absolute Gasteiger partial charge is 0.493 e. The zero-order chi connectivity index (χ0) is 35.0. The molecule has 0 aromatic heterocycles. The average Bonchev–Trinajstić information content (AvgIpc) is 3.63. The number of nitrogens with one attached hydrogen (secondary N) is 1. The summed E-state index contributed by atoms with van der Waals surface area (Å²) in [7, 11) is -1.50. The molecule has 4 aromatic carbocycles. The number of ether oxygens (including phenoxy) is 2. The molecule has 4 aromatic rings. The summed E-state index contributed by atoms with van der Waals surface area (Å²) in [5.41, 5.74) is 1.80. The third-order valence-corrected chi connectivity index (χ3v) is 10.8. The van der Waals surface area contributed by atoms with Crippen LogP contribution in [0.3, 0.4) is 0 Å². The van der Waals surface area contributed by atoms with Crippen LogP contribution in [0, 0.1) is 0 Å². The first-order valence-electron chi connectivity index (χ1n) is 16.0. The number of carbonyl (C=O) groups is 2. The number of methoxy groups -OCH3 is 2. The fourth-order valence-corrected chi connectivity index (χ4v) is 7.63. The molecule has 1 N–H and O–H groups in total. The van der Waals surface area contributed by atoms with Crippen molar-refractivity contribution in [3.05, 3.63) is 118 Å². The first kappa shape index (κ1) is 36.0. The van der Waals surface area contributed by atoms with Crippen molar-refractivity contribution < 1.29 is 27.5 Å². The highest BCUT2D eigenvalue weighted by molar-refractivity contribution is 7.92. The van der Waals surface area contributed by atoms with Crippen LogP contribution in [-0.4, -0.2) is 58.0 Å². The lowest BCUT2D eigenvalue weighted by molar-refractivity contribution is -0.140. The zero-order valence-electron chi connectivity index (χ0n) is 27.4. The van der Waals surface area contributed by atoms with Crippen LogP contribution in [0.1, 0.15) is 36.8 Å². The highest BCUT2D eigenvalue weighted by Gasteiger charge is 2.36. The van der Waals surface area contributed by atoms with Gasteiger partial charge in [0.15, 0.2) is 11.5 Å². The van der Waals surface area contributed by atoms with E-state index in [2.05, 4.69) is 5.32 Å². The maximum absolute atomic E-state index is 14.7. The van der Waals surface area contributed by atoms with Crippen LogP contribution in [0.5, 0.6) is 11.5 Å². The SMILES string of the molecule is COc1ccc(S(=O)(=O)N(CC(=O)N(Cc2ccc(Cl)cc2)[C@H](Cc2ccccc2)C(=O)NC2CCCC2)c2ccc(Cl)cc2)cc1OC. The minimum Gasteiger partial charge on any atom is -0.493 e. The molecule has 0 bridgehead atoms. The molecule has 1 fully saturated rings. The van der Waals surface area contributed by atoms with Crippen LogP contribution < -0.4 is 19.1 Å². The van der Waals surface area contributed by atoms with Gasteiger partial charge in [0, 0.05) is 35.1 Å². The third kappa shape index (κ3) is 9.06. The Morgan fingerprint density at radius 3 is 2.04 bits per heavy atom. The van der Waals surface area contributed by atoms with Crippen LogP contribution in [0.4, 0.5) is 5.69 Å². The smallest absolute Gasteiger partial charge is 0.264 e. The van der Waals surface area contributed by atoms with E-state index in [4.69, 9.17) is 32.7 Å². The van der Waals surface area contributed by atoms with Gasteiger partial charge in [-0.2, -0.15) is 0 Å². The molecule has 0 spiro atoms. The van der Waals surface area contributed by atoms with E-state index < -0.39 is 28.5 Å². The number of halogens is 2. The van der Waals surface area contributed by atoms with Crippen molar-refractivity contribution in [2.24, 2.45) is 0 Å². The lowest BCUT2D eigenvalue weighted by Crippen LogP contribution is -2.54. The van der Waals surface area contributed by atoms with Crippen molar-refractivity contribution in [3.8, 4) is 11.5 Å². The standard InChI is InChI=1S/C37H39Cl2N3O6S/c1-47-34-21-20-32(23-35(34)48-2)49(45,46)42(31-18-16-29(39)17-19-31)25-36(43)41(24-27-12-14-28(38)15-13-27)33(22-26-8-4-3-5-9-26)37(44)40-30-10-6-7-11-30/h3-5,8-9,12-21,23,30,33H,6-7,10-11,22,24-25H2,1-2H3,(H,40,44)/t33-/m1/s1. The Kier molecular flexibility index (Phi) is 12.1. The van der Waals surface area contributed by atoms with E-state index in [0.717, 1.165) is 41.1 Å². The van der Waals surface area contributed by atoms with E-state index in [9.17, 15) is 18.0 Å². The maximum atomic E-state index is 14.7. The summed E-state index contributed by atoms with van der Waals surface area (Å²) in [6.45, 7) is -0.565. The molecule has 5 rings (SSSR count). The Labute approximate surface area is 297 Å². The van der Waals surface area contributed by atoms with E-state index in [1.165, 1.54) is 49.5 Å². The molecular weight excluding hydrogens is 685 g/mol. The van der Waals surface area contributed by atoms with E-state index in [0.29, 0.717) is 15.8 Å². The molecule has 0 aliphatic heterocycles. The Balaban J connectivity index is 1.57. The molecule has 2 amide bonds. The number of rotatable bonds is 14. The first-order chi connectivity index (χ1) is 23.6. The molecule has 9 nitrogen and oxygen atoms in total.